The van der Waals surface area contributed by atoms with Crippen molar-refractivity contribution in [2.45, 2.75) is 63.3 Å². The Morgan fingerprint density at radius 2 is 1.87 bits per heavy atom. The number of pyridine rings is 1. The zero-order chi connectivity index (χ0) is 27.4. The van der Waals surface area contributed by atoms with Gasteiger partial charge in [-0.05, 0) is 87.5 Å². The molecule has 1 saturated heterocycles. The van der Waals surface area contributed by atoms with Crippen LogP contribution in [0, 0.1) is 17.3 Å². The number of hydrogen-bond donors (Lipinski definition) is 1. The molecule has 1 aliphatic heterocycles. The van der Waals surface area contributed by atoms with E-state index >= 15 is 0 Å². The molecule has 2 atom stereocenters. The molecule has 3 aliphatic rings. The Labute approximate surface area is 229 Å². The number of nitrogens with zero attached hydrogens (tertiary/aromatic N) is 4. The van der Waals surface area contributed by atoms with Crippen LogP contribution in [0.5, 0.6) is 5.88 Å². The van der Waals surface area contributed by atoms with Gasteiger partial charge in [0.05, 0.1) is 17.1 Å². The molecule has 2 aromatic heterocycles. The number of rotatable bonds is 8. The SMILES string of the molecule is C[C@@H]1CN(c2nc(-n3ccc(OCC4CCC45CC5)n3)ccc2C(=O)NS(=O)(=O)c2ccccc2)C(C)(C)C1. The predicted molar refractivity (Wildman–Crippen MR) is 148 cm³/mol. The van der Waals surface area contributed by atoms with E-state index in [1.807, 2.05) is 6.07 Å². The molecule has 10 heteroatoms. The Morgan fingerprint density at radius 3 is 2.51 bits per heavy atom. The lowest BCUT2D eigenvalue weighted by Crippen LogP contribution is -2.41. The maximum atomic E-state index is 13.4. The highest BCUT2D eigenvalue weighted by molar-refractivity contribution is 7.90. The molecule has 1 aromatic carbocycles. The van der Waals surface area contributed by atoms with Gasteiger partial charge in [-0.1, -0.05) is 25.1 Å². The van der Waals surface area contributed by atoms with Crippen LogP contribution in [0.1, 0.15) is 63.2 Å². The highest BCUT2D eigenvalue weighted by atomic mass is 32.2. The third-order valence-electron chi connectivity index (χ3n) is 8.69. The lowest BCUT2D eigenvalue weighted by Gasteiger charge is -2.36. The first-order valence-electron chi connectivity index (χ1n) is 13.7. The number of sulfonamides is 1. The van der Waals surface area contributed by atoms with E-state index in [2.05, 4.69) is 35.5 Å². The summed E-state index contributed by atoms with van der Waals surface area (Å²) in [5, 5.41) is 4.59. The number of ether oxygens (including phenoxy) is 1. The topological polar surface area (TPSA) is 106 Å². The summed E-state index contributed by atoms with van der Waals surface area (Å²) in [6, 6.07) is 13.0. The van der Waals surface area contributed by atoms with Gasteiger partial charge in [0.25, 0.3) is 15.9 Å². The Kier molecular flexibility index (Phi) is 6.21. The number of anilines is 1. The lowest BCUT2D eigenvalue weighted by atomic mass is 9.71. The van der Waals surface area contributed by atoms with E-state index in [0.29, 0.717) is 47.9 Å². The van der Waals surface area contributed by atoms with E-state index < -0.39 is 15.9 Å². The van der Waals surface area contributed by atoms with Gasteiger partial charge in [0.1, 0.15) is 5.82 Å². The Hall–Kier alpha value is -3.40. The van der Waals surface area contributed by atoms with Crippen molar-refractivity contribution in [3.05, 3.63) is 60.3 Å². The third kappa shape index (κ3) is 4.90. The Balaban J connectivity index is 1.28. The van der Waals surface area contributed by atoms with Gasteiger partial charge in [-0.15, -0.1) is 5.10 Å². The van der Waals surface area contributed by atoms with Gasteiger partial charge >= 0.3 is 0 Å². The second-order valence-electron chi connectivity index (χ2n) is 12.0. The van der Waals surface area contributed by atoms with Crippen LogP contribution in [-0.4, -0.2) is 47.8 Å². The van der Waals surface area contributed by atoms with Gasteiger partial charge in [0.2, 0.25) is 5.88 Å². The van der Waals surface area contributed by atoms with Crippen LogP contribution in [-0.2, 0) is 10.0 Å². The summed E-state index contributed by atoms with van der Waals surface area (Å²) < 4.78 is 35.7. The standard InChI is InChI=1S/C29H35N5O4S/c1-20-17-28(2,3)33(18-20)26-23(27(35)32-39(36,37)22-7-5-4-6-8-22)9-10-24(30-26)34-16-12-25(31-34)38-19-21-11-13-29(21)14-15-29/h4-10,12,16,20-21H,11,13-15,17-19H2,1-3H3,(H,32,35)/t20-,21?/m0/s1. The maximum Gasteiger partial charge on any atom is 0.268 e. The summed E-state index contributed by atoms with van der Waals surface area (Å²) in [5.41, 5.74) is 0.477. The van der Waals surface area contributed by atoms with Crippen molar-refractivity contribution in [1.29, 1.82) is 0 Å². The zero-order valence-corrected chi connectivity index (χ0v) is 23.4. The molecule has 2 saturated carbocycles. The smallest absolute Gasteiger partial charge is 0.268 e. The highest BCUT2D eigenvalue weighted by Gasteiger charge is 2.55. The van der Waals surface area contributed by atoms with Crippen LogP contribution in [0.2, 0.25) is 0 Å². The number of aromatic nitrogens is 3. The Morgan fingerprint density at radius 1 is 1.10 bits per heavy atom. The molecule has 1 N–H and O–H groups in total. The van der Waals surface area contributed by atoms with Crippen molar-refractivity contribution in [2.75, 3.05) is 18.1 Å². The average molecular weight is 550 g/mol. The van der Waals surface area contributed by atoms with Crippen LogP contribution in [0.3, 0.4) is 0 Å². The van der Waals surface area contributed by atoms with E-state index in [0.717, 1.165) is 6.42 Å². The normalized spacial score (nSPS) is 22.9. The summed E-state index contributed by atoms with van der Waals surface area (Å²) in [6.07, 6.45) is 7.90. The van der Waals surface area contributed by atoms with Crippen molar-refractivity contribution in [1.82, 2.24) is 19.5 Å². The van der Waals surface area contributed by atoms with Gasteiger partial charge in [0, 0.05) is 24.3 Å². The van der Waals surface area contributed by atoms with Crippen molar-refractivity contribution >= 4 is 21.7 Å². The first-order chi connectivity index (χ1) is 18.6. The minimum Gasteiger partial charge on any atom is -0.476 e. The Bertz CT molecular complexity index is 1500. The van der Waals surface area contributed by atoms with Gasteiger partial charge in [-0.3, -0.25) is 4.79 Å². The van der Waals surface area contributed by atoms with Crippen LogP contribution < -0.4 is 14.4 Å². The molecule has 3 aromatic rings. The largest absolute Gasteiger partial charge is 0.476 e. The molecule has 3 fully saturated rings. The molecule has 1 amide bonds. The number of carbonyl (C=O) groups is 1. The maximum absolute atomic E-state index is 13.4. The zero-order valence-electron chi connectivity index (χ0n) is 22.6. The summed E-state index contributed by atoms with van der Waals surface area (Å²) in [4.78, 5) is 20.4. The van der Waals surface area contributed by atoms with Crippen LogP contribution in [0.4, 0.5) is 5.82 Å². The van der Waals surface area contributed by atoms with Gasteiger partial charge < -0.3 is 9.64 Å². The van der Waals surface area contributed by atoms with Crippen LogP contribution in [0.15, 0.2) is 59.6 Å². The van der Waals surface area contributed by atoms with Crippen LogP contribution >= 0.6 is 0 Å². The molecule has 1 spiro atoms. The van der Waals surface area contributed by atoms with Crippen molar-refractivity contribution in [3.8, 4) is 11.7 Å². The average Bonchev–Trinajstić information content (AvgIpc) is 3.52. The van der Waals surface area contributed by atoms with Crippen LogP contribution in [0.25, 0.3) is 5.82 Å². The van der Waals surface area contributed by atoms with E-state index in [1.54, 1.807) is 41.2 Å². The highest BCUT2D eigenvalue weighted by Crippen LogP contribution is 2.64. The fourth-order valence-electron chi connectivity index (χ4n) is 6.28. The monoisotopic (exact) mass is 549 g/mol. The third-order valence-corrected chi connectivity index (χ3v) is 10.0. The number of hydrogen-bond acceptors (Lipinski definition) is 7. The molecule has 1 unspecified atom stereocenters. The first-order valence-corrected chi connectivity index (χ1v) is 15.1. The summed E-state index contributed by atoms with van der Waals surface area (Å²) in [6.45, 7) is 7.77. The summed E-state index contributed by atoms with van der Waals surface area (Å²) in [7, 11) is -4.04. The molecule has 0 radical (unpaired) electrons. The quantitative estimate of drug-likeness (QED) is 0.438. The van der Waals surface area contributed by atoms with Gasteiger partial charge in [-0.25, -0.2) is 22.8 Å². The van der Waals surface area contributed by atoms with Crippen molar-refractivity contribution in [3.63, 3.8) is 0 Å². The second kappa shape index (κ2) is 9.36. The van der Waals surface area contributed by atoms with Crippen molar-refractivity contribution in [2.24, 2.45) is 17.3 Å². The fourth-order valence-corrected chi connectivity index (χ4v) is 7.26. The molecule has 9 nitrogen and oxygen atoms in total. The molecule has 2 aliphatic carbocycles. The van der Waals surface area contributed by atoms with E-state index in [4.69, 9.17) is 9.72 Å². The summed E-state index contributed by atoms with van der Waals surface area (Å²) >= 11 is 0. The second-order valence-corrected chi connectivity index (χ2v) is 13.7. The first kappa shape index (κ1) is 25.9. The summed E-state index contributed by atoms with van der Waals surface area (Å²) in [5.74, 6) is 1.80. The van der Waals surface area contributed by atoms with Crippen molar-refractivity contribution < 1.29 is 17.9 Å². The molecular weight excluding hydrogens is 514 g/mol. The lowest BCUT2D eigenvalue weighted by molar-refractivity contribution is 0.0815. The number of amides is 1. The van der Waals surface area contributed by atoms with Gasteiger partial charge in [0.15, 0.2) is 5.82 Å². The van der Waals surface area contributed by atoms with E-state index in [9.17, 15) is 13.2 Å². The fraction of sp³-hybridized carbons (Fsp3) is 0.483. The molecular formula is C29H35N5O4S. The number of carbonyl (C=O) groups excluding carboxylic acids is 1. The van der Waals surface area contributed by atoms with Gasteiger partial charge in [-0.2, -0.15) is 0 Å². The number of benzene rings is 1. The molecule has 0 bridgehead atoms. The minimum absolute atomic E-state index is 0.0261. The van der Waals surface area contributed by atoms with E-state index in [-0.39, 0.29) is 16.0 Å². The molecule has 206 valence electrons. The molecule has 39 heavy (non-hydrogen) atoms. The molecule has 6 rings (SSSR count). The molecule has 3 heterocycles. The minimum atomic E-state index is -4.04. The predicted octanol–water partition coefficient (Wildman–Crippen LogP) is 4.58. The number of nitrogens with one attached hydrogen (secondary N) is 1. The van der Waals surface area contributed by atoms with E-state index in [1.165, 1.54) is 37.8 Å².